The average molecular weight is 329 g/mol. The fourth-order valence-electron chi connectivity index (χ4n) is 3.05. The van der Waals surface area contributed by atoms with Gasteiger partial charge in [0.2, 0.25) is 0 Å². The third-order valence-corrected chi connectivity index (χ3v) is 4.20. The second kappa shape index (κ2) is 6.15. The molecule has 1 aromatic heterocycles. The Hall–Kier alpha value is -1.56. The molecule has 128 valence electrons. The van der Waals surface area contributed by atoms with Crippen LogP contribution in [0.15, 0.2) is 21.9 Å². The third-order valence-electron chi connectivity index (χ3n) is 4.20. The van der Waals surface area contributed by atoms with Crippen LogP contribution in [0.2, 0.25) is 0 Å². The van der Waals surface area contributed by atoms with Crippen LogP contribution in [0.4, 0.5) is 0 Å². The van der Waals surface area contributed by atoms with E-state index in [2.05, 4.69) is 4.98 Å². The maximum absolute atomic E-state index is 12.0. The highest BCUT2D eigenvalue weighted by Crippen LogP contribution is 2.45. The van der Waals surface area contributed by atoms with Crippen LogP contribution in [0.5, 0.6) is 0 Å². The quantitative estimate of drug-likeness (QED) is 0.486. The van der Waals surface area contributed by atoms with Crippen molar-refractivity contribution >= 4 is 0 Å². The largest absolute Gasteiger partial charge is 0.393 e. The monoisotopic (exact) mass is 329 g/mol. The molecule has 4 atom stereocenters. The van der Waals surface area contributed by atoms with Crippen molar-refractivity contribution in [2.24, 2.45) is 0 Å². The van der Waals surface area contributed by atoms with E-state index in [1.165, 1.54) is 29.0 Å². The van der Waals surface area contributed by atoms with Crippen molar-refractivity contribution < 1.29 is 24.5 Å². The van der Waals surface area contributed by atoms with Crippen molar-refractivity contribution in [2.75, 3.05) is 33.5 Å². The lowest BCUT2D eigenvalue weighted by Crippen LogP contribution is -2.49. The number of aromatic amines is 1. The Bertz CT molecular complexity index is 674. The standard InChI is InChI=1S/C13H19N3O7/c1-21-4-5-22-16-6-13(7-17)10(19)9(16)11(23-13)15-3-2-8(18)14-12(15)20/h2-3,9-11,17,19H,4-7H2,1H3,(H,14,18,20)/t9-,10+,11-,13-/m1/s1. The van der Waals surface area contributed by atoms with Crippen molar-refractivity contribution in [3.63, 3.8) is 0 Å². The Morgan fingerprint density at radius 1 is 1.48 bits per heavy atom. The maximum Gasteiger partial charge on any atom is 0.330 e. The molecule has 0 amide bonds. The number of hydrogen-bond donors (Lipinski definition) is 3. The number of hydroxylamine groups is 2. The van der Waals surface area contributed by atoms with Crippen LogP contribution in [-0.2, 0) is 14.3 Å². The van der Waals surface area contributed by atoms with Crippen LogP contribution in [-0.4, -0.2) is 76.0 Å². The summed E-state index contributed by atoms with van der Waals surface area (Å²) in [6.07, 6.45) is -0.644. The number of nitrogens with zero attached hydrogens (tertiary/aromatic N) is 2. The van der Waals surface area contributed by atoms with Crippen LogP contribution >= 0.6 is 0 Å². The van der Waals surface area contributed by atoms with Gasteiger partial charge < -0.3 is 19.7 Å². The highest BCUT2D eigenvalue weighted by Gasteiger charge is 2.64. The van der Waals surface area contributed by atoms with Crippen molar-refractivity contribution in [1.29, 1.82) is 0 Å². The van der Waals surface area contributed by atoms with Crippen molar-refractivity contribution in [3.8, 4) is 0 Å². The van der Waals surface area contributed by atoms with Gasteiger partial charge in [-0.2, -0.15) is 5.06 Å². The summed E-state index contributed by atoms with van der Waals surface area (Å²) in [5.41, 5.74) is -2.43. The smallest absolute Gasteiger partial charge is 0.330 e. The summed E-state index contributed by atoms with van der Waals surface area (Å²) in [5, 5.41) is 21.6. The Morgan fingerprint density at radius 2 is 2.26 bits per heavy atom. The number of rotatable bonds is 6. The van der Waals surface area contributed by atoms with Crippen molar-refractivity contribution in [1.82, 2.24) is 14.6 Å². The van der Waals surface area contributed by atoms with Crippen molar-refractivity contribution in [3.05, 3.63) is 33.1 Å². The number of morpholine rings is 1. The number of nitrogens with one attached hydrogen (secondary N) is 1. The molecule has 2 aliphatic heterocycles. The summed E-state index contributed by atoms with van der Waals surface area (Å²) in [4.78, 5) is 30.9. The predicted molar refractivity (Wildman–Crippen MR) is 75.6 cm³/mol. The molecule has 2 aliphatic rings. The van der Waals surface area contributed by atoms with Crippen LogP contribution in [0.25, 0.3) is 0 Å². The Labute approximate surface area is 130 Å². The van der Waals surface area contributed by atoms with Gasteiger partial charge in [0.15, 0.2) is 6.23 Å². The lowest BCUT2D eigenvalue weighted by atomic mass is 10.0. The number of methoxy groups -OCH3 is 1. The molecule has 2 saturated heterocycles. The van der Waals surface area contributed by atoms with E-state index in [4.69, 9.17) is 14.3 Å². The van der Waals surface area contributed by atoms with E-state index < -0.39 is 41.8 Å². The second-order valence-corrected chi connectivity index (χ2v) is 5.59. The van der Waals surface area contributed by atoms with Crippen LogP contribution < -0.4 is 11.2 Å². The van der Waals surface area contributed by atoms with E-state index in [-0.39, 0.29) is 13.2 Å². The van der Waals surface area contributed by atoms with E-state index in [0.717, 1.165) is 0 Å². The van der Waals surface area contributed by atoms with Gasteiger partial charge in [-0.25, -0.2) is 4.79 Å². The summed E-state index contributed by atoms with van der Waals surface area (Å²) in [7, 11) is 1.54. The summed E-state index contributed by atoms with van der Waals surface area (Å²) in [5.74, 6) is 0. The first-order chi connectivity index (χ1) is 11.0. The summed E-state index contributed by atoms with van der Waals surface area (Å²) in [6.45, 7) is 0.348. The number of aliphatic hydroxyl groups is 2. The summed E-state index contributed by atoms with van der Waals surface area (Å²) >= 11 is 0. The molecule has 3 heterocycles. The first-order valence-electron chi connectivity index (χ1n) is 7.19. The fraction of sp³-hybridized carbons (Fsp3) is 0.692. The van der Waals surface area contributed by atoms with Gasteiger partial charge in [-0.15, -0.1) is 0 Å². The second-order valence-electron chi connectivity index (χ2n) is 5.59. The SMILES string of the molecule is COCCON1C[C@]2(CO)O[C@@H](n3ccc(=O)[nH]c3=O)[C@H]1[C@@H]2O. The zero-order chi connectivity index (χ0) is 16.6. The first-order valence-corrected chi connectivity index (χ1v) is 7.19. The molecule has 1 aromatic rings. The van der Waals surface area contributed by atoms with Gasteiger partial charge in [0.1, 0.15) is 17.7 Å². The van der Waals surface area contributed by atoms with E-state index in [1.807, 2.05) is 0 Å². The maximum atomic E-state index is 12.0. The molecule has 2 bridgehead atoms. The van der Waals surface area contributed by atoms with Crippen LogP contribution in [0.1, 0.15) is 6.23 Å². The van der Waals surface area contributed by atoms with Gasteiger partial charge in [-0.05, 0) is 0 Å². The molecule has 0 saturated carbocycles. The minimum Gasteiger partial charge on any atom is -0.393 e. The molecule has 3 rings (SSSR count). The number of aliphatic hydroxyl groups excluding tert-OH is 2. The van der Waals surface area contributed by atoms with Crippen molar-refractivity contribution in [2.45, 2.75) is 24.0 Å². The first kappa shape index (κ1) is 16.3. The third kappa shape index (κ3) is 2.63. The number of hydrogen-bond acceptors (Lipinski definition) is 8. The zero-order valence-electron chi connectivity index (χ0n) is 12.5. The van der Waals surface area contributed by atoms with Crippen LogP contribution in [0.3, 0.4) is 0 Å². The molecular weight excluding hydrogens is 310 g/mol. The highest BCUT2D eigenvalue weighted by molar-refractivity contribution is 5.11. The van der Waals surface area contributed by atoms with Gasteiger partial charge in [0.25, 0.3) is 5.56 Å². The Kier molecular flexibility index (Phi) is 4.36. The molecular formula is C13H19N3O7. The molecule has 3 N–H and O–H groups in total. The van der Waals surface area contributed by atoms with Gasteiger partial charge in [-0.1, -0.05) is 0 Å². The number of fused-ring (bicyclic) bond motifs is 2. The molecule has 10 heteroatoms. The molecule has 0 aliphatic carbocycles. The van der Waals surface area contributed by atoms with Gasteiger partial charge in [0, 0.05) is 19.4 Å². The fourth-order valence-corrected chi connectivity index (χ4v) is 3.05. The minimum atomic E-state index is -1.24. The molecule has 0 unspecified atom stereocenters. The summed E-state index contributed by atoms with van der Waals surface area (Å²) in [6, 6.07) is 0.493. The molecule has 0 radical (unpaired) electrons. The zero-order valence-corrected chi connectivity index (χ0v) is 12.5. The average Bonchev–Trinajstić information content (AvgIpc) is 2.95. The van der Waals surface area contributed by atoms with Gasteiger partial charge in [-0.3, -0.25) is 19.2 Å². The minimum absolute atomic E-state index is 0.160. The summed E-state index contributed by atoms with van der Waals surface area (Å²) < 4.78 is 11.8. The predicted octanol–water partition coefficient (Wildman–Crippen LogP) is -2.58. The van der Waals surface area contributed by atoms with Crippen LogP contribution in [0, 0.1) is 0 Å². The normalized spacial score (nSPS) is 33.4. The highest BCUT2D eigenvalue weighted by atomic mass is 16.7. The van der Waals surface area contributed by atoms with Gasteiger partial charge >= 0.3 is 5.69 Å². The van der Waals surface area contributed by atoms with E-state index >= 15 is 0 Å². The van der Waals surface area contributed by atoms with Gasteiger partial charge in [0.05, 0.1) is 26.4 Å². The van der Waals surface area contributed by atoms with E-state index in [0.29, 0.717) is 6.61 Å². The number of H-pyrrole nitrogens is 1. The Balaban J connectivity index is 1.90. The lowest BCUT2D eigenvalue weighted by Gasteiger charge is -2.35. The van der Waals surface area contributed by atoms with E-state index in [1.54, 1.807) is 0 Å². The molecule has 0 spiro atoms. The molecule has 2 fully saturated rings. The lowest BCUT2D eigenvalue weighted by molar-refractivity contribution is -0.256. The topological polar surface area (TPSA) is 126 Å². The number of aromatic nitrogens is 2. The molecule has 10 nitrogen and oxygen atoms in total. The Morgan fingerprint density at radius 3 is 2.87 bits per heavy atom. The number of ether oxygens (including phenoxy) is 2. The molecule has 0 aromatic carbocycles. The molecule has 23 heavy (non-hydrogen) atoms. The van der Waals surface area contributed by atoms with E-state index in [9.17, 15) is 19.8 Å².